The van der Waals surface area contributed by atoms with Gasteiger partial charge in [0.1, 0.15) is 35.0 Å². The first-order valence-corrected chi connectivity index (χ1v) is 17.7. The Morgan fingerprint density at radius 2 is 1.85 bits per heavy atom. The summed E-state index contributed by atoms with van der Waals surface area (Å²) < 4.78 is 60.8. The summed E-state index contributed by atoms with van der Waals surface area (Å²) in [6.07, 6.45) is -3.01. The van der Waals surface area contributed by atoms with Gasteiger partial charge in [-0.3, -0.25) is 9.59 Å². The second-order valence-corrected chi connectivity index (χ2v) is 12.9. The molecule has 52 heavy (non-hydrogen) atoms. The number of benzene rings is 3. The molecule has 5 rings (SSSR count). The third kappa shape index (κ3) is 8.28. The highest BCUT2D eigenvalue weighted by Crippen LogP contribution is 2.37. The first-order valence-electron chi connectivity index (χ1n) is 16.6. The highest BCUT2D eigenvalue weighted by Gasteiger charge is 2.52. The number of amides is 3. The van der Waals surface area contributed by atoms with E-state index in [2.05, 4.69) is 32.3 Å². The number of nitrogens with zero attached hydrogens (tertiary/aromatic N) is 3. The molecule has 3 amide bonds. The third-order valence-corrected chi connectivity index (χ3v) is 9.37. The molecular formula is C37H36BrF4N6O4+. The Hall–Kier alpha value is -5.23. The molecular weight excluding hydrogens is 748 g/mol. The maximum atomic E-state index is 14.5. The number of nitrogens with two attached hydrogens (primary N) is 1. The molecule has 3 aromatic carbocycles. The molecule has 0 radical (unpaired) electrons. The molecule has 2 heterocycles. The van der Waals surface area contributed by atoms with Crippen molar-refractivity contribution in [3.05, 3.63) is 107 Å². The van der Waals surface area contributed by atoms with Gasteiger partial charge in [0.25, 0.3) is 17.6 Å². The summed E-state index contributed by atoms with van der Waals surface area (Å²) in [5, 5.41) is 13.1. The van der Waals surface area contributed by atoms with E-state index in [1.165, 1.54) is 28.0 Å². The predicted octanol–water partition coefficient (Wildman–Crippen LogP) is 4.29. The van der Waals surface area contributed by atoms with E-state index in [9.17, 15) is 37.2 Å². The van der Waals surface area contributed by atoms with E-state index < -0.39 is 53.3 Å². The number of carbonyl (C=O) groups is 3. The average Bonchev–Trinajstić information content (AvgIpc) is 3.62. The molecule has 3 aromatic rings. The van der Waals surface area contributed by atoms with Gasteiger partial charge in [0.05, 0.1) is 36.3 Å². The highest BCUT2D eigenvalue weighted by atomic mass is 79.9. The summed E-state index contributed by atoms with van der Waals surface area (Å²) in [7, 11) is 0. The zero-order valence-corrected chi connectivity index (χ0v) is 29.6. The molecule has 0 aromatic heterocycles. The zero-order valence-electron chi connectivity index (χ0n) is 28.1. The lowest BCUT2D eigenvalue weighted by Crippen LogP contribution is -2.76. The molecule has 1 unspecified atom stereocenters. The maximum Gasteiger partial charge on any atom is 0.416 e. The van der Waals surface area contributed by atoms with E-state index in [1.807, 2.05) is 0 Å². The number of likely N-dealkylation sites (tertiary alicyclic amines) is 2. The minimum Gasteiger partial charge on any atom is -0.493 e. The summed E-state index contributed by atoms with van der Waals surface area (Å²) in [5.74, 6) is -3.61. The lowest BCUT2D eigenvalue weighted by atomic mass is 9.78. The van der Waals surface area contributed by atoms with Crippen molar-refractivity contribution in [1.29, 1.82) is 5.26 Å². The molecule has 0 saturated carbocycles. The Labute approximate surface area is 306 Å². The van der Waals surface area contributed by atoms with Crippen molar-refractivity contribution >= 4 is 45.2 Å². The molecule has 2 aliphatic rings. The fourth-order valence-corrected chi connectivity index (χ4v) is 6.55. The van der Waals surface area contributed by atoms with E-state index in [-0.39, 0.29) is 41.3 Å². The van der Waals surface area contributed by atoms with Crippen molar-refractivity contribution in [2.75, 3.05) is 25.0 Å². The van der Waals surface area contributed by atoms with Gasteiger partial charge in [0.15, 0.2) is 0 Å². The van der Waals surface area contributed by atoms with Crippen molar-refractivity contribution in [3.63, 3.8) is 0 Å². The number of carbonyl (C=O) groups excluding carboxylic acids is 3. The van der Waals surface area contributed by atoms with Crippen LogP contribution in [0.2, 0.25) is 0 Å². The number of hydrogen-bond acceptors (Lipinski definition) is 6. The summed E-state index contributed by atoms with van der Waals surface area (Å²) in [6.45, 7) is 2.33. The first-order chi connectivity index (χ1) is 24.9. The monoisotopic (exact) mass is 783 g/mol. The van der Waals surface area contributed by atoms with Gasteiger partial charge in [0, 0.05) is 23.5 Å². The number of likely N-dealkylation sites (N-methyl/N-ethyl adjacent to an activating group) is 1. The van der Waals surface area contributed by atoms with E-state index in [0.29, 0.717) is 37.0 Å². The summed E-state index contributed by atoms with van der Waals surface area (Å²) >= 11 is 3.37. The van der Waals surface area contributed by atoms with Gasteiger partial charge in [0.2, 0.25) is 0 Å². The number of amidine groups is 1. The number of ether oxygens (including phenoxy) is 1. The van der Waals surface area contributed by atoms with E-state index in [0.717, 1.165) is 36.0 Å². The van der Waals surface area contributed by atoms with Crippen molar-refractivity contribution in [2.45, 2.75) is 50.4 Å². The topological polar surface area (TPSA) is 143 Å². The first kappa shape index (κ1) is 38.0. The quantitative estimate of drug-likeness (QED) is 0.121. The van der Waals surface area contributed by atoms with Crippen molar-refractivity contribution in [1.82, 2.24) is 15.1 Å². The van der Waals surface area contributed by atoms with Crippen LogP contribution >= 0.6 is 15.9 Å². The molecule has 15 heteroatoms. The van der Waals surface area contributed by atoms with Gasteiger partial charge in [-0.25, -0.2) is 14.2 Å². The minimum absolute atomic E-state index is 0.00415. The van der Waals surface area contributed by atoms with Crippen LogP contribution in [0.4, 0.5) is 23.2 Å². The molecule has 4 N–H and O–H groups in total. The lowest BCUT2D eigenvalue weighted by Gasteiger charge is -2.37. The van der Waals surface area contributed by atoms with Gasteiger partial charge in [-0.15, -0.1) is 0 Å². The number of nitrogens with one attached hydrogen (secondary N) is 2. The molecule has 2 saturated heterocycles. The largest absolute Gasteiger partial charge is 0.493 e. The van der Waals surface area contributed by atoms with Crippen LogP contribution in [0.15, 0.2) is 84.1 Å². The number of halogens is 5. The second kappa shape index (κ2) is 16.4. The molecule has 2 aliphatic heterocycles. The van der Waals surface area contributed by atoms with Gasteiger partial charge in [-0.05, 0) is 74.2 Å². The Kier molecular flexibility index (Phi) is 12.0. The Balaban J connectivity index is 1.72. The maximum absolute atomic E-state index is 14.5. The number of nitriles is 1. The fraction of sp³-hybridized carbons (Fsp3) is 0.324. The fourth-order valence-electron chi connectivity index (χ4n) is 6.32. The summed E-state index contributed by atoms with van der Waals surface area (Å²) in [4.78, 5) is 48.2. The van der Waals surface area contributed by atoms with Gasteiger partial charge >= 0.3 is 12.1 Å². The van der Waals surface area contributed by atoms with Crippen LogP contribution in [0.3, 0.4) is 0 Å². The Morgan fingerprint density at radius 1 is 1.12 bits per heavy atom. The SMILES string of the molecule is CCN1C(=O)[C@H](NC(=O)c2cccc(C(F)(F)F)c2)[C@H](c2ccc(F)cc2)/C(=C(/N)C(=O)N2CCCC2C#N)C1=[NH+]c1cccc(OCCCBr)c1. The van der Waals surface area contributed by atoms with Crippen LogP contribution in [0.25, 0.3) is 0 Å². The van der Waals surface area contributed by atoms with E-state index >= 15 is 0 Å². The average molecular weight is 785 g/mol. The normalized spacial score (nSPS) is 20.8. The van der Waals surface area contributed by atoms with Crippen molar-refractivity contribution in [2.24, 2.45) is 5.73 Å². The van der Waals surface area contributed by atoms with Gasteiger partial charge in [-0.2, -0.15) is 23.3 Å². The van der Waals surface area contributed by atoms with Crippen LogP contribution < -0.4 is 20.8 Å². The second-order valence-electron chi connectivity index (χ2n) is 12.1. The molecule has 272 valence electrons. The highest BCUT2D eigenvalue weighted by molar-refractivity contribution is 9.09. The number of alkyl halides is 4. The standard InChI is InChI=1S/C37H35BrF4N6O4/c1-2-47-33(45-26-9-4-11-28(20-26)52-18-6-16-38)30(31(44)35(50)48-17-5-10-27(48)21-43)29(22-12-14-25(39)15-13-22)32(36(47)51)46-34(49)23-7-3-8-24(19-23)37(40,41)42/h3-4,7-9,11-15,19-20,27,29,32H,2,5-6,10,16-18,44H2,1H3,(H,46,49)/p+1/b31-30-,45-33?/t27?,29-,32-/m1/s1. The molecule has 0 spiro atoms. The zero-order chi connectivity index (χ0) is 37.6. The van der Waals surface area contributed by atoms with Crippen LogP contribution in [0, 0.1) is 17.1 Å². The Morgan fingerprint density at radius 3 is 2.52 bits per heavy atom. The summed E-state index contributed by atoms with van der Waals surface area (Å²) in [6, 6.07) is 15.5. The van der Waals surface area contributed by atoms with Crippen LogP contribution in [0.5, 0.6) is 5.75 Å². The van der Waals surface area contributed by atoms with Crippen LogP contribution in [-0.4, -0.2) is 70.5 Å². The molecule has 0 aliphatic carbocycles. The van der Waals surface area contributed by atoms with E-state index in [1.54, 1.807) is 31.2 Å². The Bertz CT molecular complexity index is 1930. The van der Waals surface area contributed by atoms with Gasteiger partial charge in [-0.1, -0.05) is 40.2 Å². The molecule has 0 bridgehead atoms. The number of hydrogen-bond donors (Lipinski definition) is 3. The van der Waals surface area contributed by atoms with Crippen molar-refractivity contribution in [3.8, 4) is 11.8 Å². The lowest BCUT2D eigenvalue weighted by molar-refractivity contribution is -0.360. The molecule has 10 nitrogen and oxygen atoms in total. The van der Waals surface area contributed by atoms with Crippen LogP contribution in [0.1, 0.15) is 53.6 Å². The summed E-state index contributed by atoms with van der Waals surface area (Å²) in [5.41, 5.74) is 5.79. The predicted molar refractivity (Wildman–Crippen MR) is 187 cm³/mol. The van der Waals surface area contributed by atoms with Crippen molar-refractivity contribution < 1.29 is 41.7 Å². The van der Waals surface area contributed by atoms with Gasteiger partial charge < -0.3 is 20.7 Å². The number of rotatable bonds is 10. The molecule has 2 fully saturated rings. The van der Waals surface area contributed by atoms with E-state index in [4.69, 9.17) is 10.5 Å². The minimum atomic E-state index is -4.74. The number of piperidine rings is 1. The third-order valence-electron chi connectivity index (χ3n) is 8.81. The molecule has 3 atom stereocenters. The smallest absolute Gasteiger partial charge is 0.416 e. The van der Waals surface area contributed by atoms with Crippen LogP contribution in [-0.2, 0) is 15.8 Å².